The van der Waals surface area contributed by atoms with E-state index in [0.717, 1.165) is 56.9 Å². The predicted molar refractivity (Wildman–Crippen MR) is 107 cm³/mol. The number of nitrogens with one attached hydrogen (secondary N) is 2. The molecule has 0 amide bonds. The van der Waals surface area contributed by atoms with Crippen LogP contribution in [0.15, 0.2) is 27.8 Å². The Morgan fingerprint density at radius 3 is 2.43 bits per heavy atom. The summed E-state index contributed by atoms with van der Waals surface area (Å²) in [5.74, 6) is 1.71. The first-order chi connectivity index (χ1) is 10.6. The van der Waals surface area contributed by atoms with Gasteiger partial charge in [-0.3, -0.25) is 4.99 Å². The van der Waals surface area contributed by atoms with Crippen LogP contribution < -0.4 is 10.6 Å². The fourth-order valence-corrected chi connectivity index (χ4v) is 2.54. The van der Waals surface area contributed by atoms with Gasteiger partial charge in [-0.15, -0.1) is 24.0 Å². The Morgan fingerprint density at radius 1 is 1.22 bits per heavy atom. The largest absolute Gasteiger partial charge is 0.469 e. The van der Waals surface area contributed by atoms with Crippen LogP contribution in [-0.2, 0) is 6.42 Å². The lowest BCUT2D eigenvalue weighted by Crippen LogP contribution is -2.40. The molecule has 3 N–H and O–H groups in total. The lowest BCUT2D eigenvalue weighted by molar-refractivity contribution is 0.0306. The topological polar surface area (TPSA) is 69.8 Å². The Hall–Kier alpha value is -0.760. The maximum absolute atomic E-state index is 10.6. The van der Waals surface area contributed by atoms with Crippen molar-refractivity contribution < 1.29 is 9.52 Å². The van der Waals surface area contributed by atoms with E-state index in [1.54, 1.807) is 6.26 Å². The Bertz CT molecular complexity index is 415. The molecule has 23 heavy (non-hydrogen) atoms. The van der Waals surface area contributed by atoms with E-state index >= 15 is 0 Å². The van der Waals surface area contributed by atoms with Crippen molar-refractivity contribution in [2.75, 3.05) is 19.6 Å². The molecule has 0 radical (unpaired) electrons. The van der Waals surface area contributed by atoms with Gasteiger partial charge in [0.05, 0.1) is 18.4 Å². The SMILES string of the molecule is CCCC(O)(CCC)CN=C(NCC)NCCc1ccco1.I. The molecule has 0 aliphatic heterocycles. The molecule has 1 heterocycles. The van der Waals surface area contributed by atoms with Gasteiger partial charge in [0, 0.05) is 19.5 Å². The summed E-state index contributed by atoms with van der Waals surface area (Å²) in [5.41, 5.74) is -0.688. The molecule has 0 saturated carbocycles. The Balaban J connectivity index is 0.00000484. The van der Waals surface area contributed by atoms with Crippen molar-refractivity contribution in [1.29, 1.82) is 0 Å². The Labute approximate surface area is 157 Å². The van der Waals surface area contributed by atoms with Crippen molar-refractivity contribution >= 4 is 29.9 Å². The number of aliphatic hydroxyl groups is 1. The molecule has 0 aliphatic rings. The van der Waals surface area contributed by atoms with Crippen LogP contribution in [0.3, 0.4) is 0 Å². The van der Waals surface area contributed by atoms with Gasteiger partial charge in [-0.2, -0.15) is 0 Å². The molecule has 0 spiro atoms. The molecule has 134 valence electrons. The van der Waals surface area contributed by atoms with Gasteiger partial charge in [-0.25, -0.2) is 0 Å². The maximum atomic E-state index is 10.6. The van der Waals surface area contributed by atoms with Gasteiger partial charge in [-0.05, 0) is 31.9 Å². The zero-order chi connectivity index (χ0) is 16.3. The summed E-state index contributed by atoms with van der Waals surface area (Å²) in [4.78, 5) is 4.56. The molecular weight excluding hydrogens is 405 g/mol. The number of halogens is 1. The number of nitrogens with zero attached hydrogens (tertiary/aromatic N) is 1. The van der Waals surface area contributed by atoms with Gasteiger partial charge < -0.3 is 20.2 Å². The lowest BCUT2D eigenvalue weighted by atomic mass is 9.93. The van der Waals surface area contributed by atoms with E-state index in [1.807, 2.05) is 19.1 Å². The highest BCUT2D eigenvalue weighted by atomic mass is 127. The van der Waals surface area contributed by atoms with Crippen LogP contribution in [0.1, 0.15) is 52.2 Å². The highest BCUT2D eigenvalue weighted by Crippen LogP contribution is 2.19. The van der Waals surface area contributed by atoms with Gasteiger partial charge in [0.2, 0.25) is 0 Å². The summed E-state index contributed by atoms with van der Waals surface area (Å²) in [6.07, 6.45) is 6.01. The van der Waals surface area contributed by atoms with Crippen LogP contribution in [-0.4, -0.2) is 36.3 Å². The van der Waals surface area contributed by atoms with Gasteiger partial charge in [-0.1, -0.05) is 26.7 Å². The van der Waals surface area contributed by atoms with Crippen molar-refractivity contribution in [3.05, 3.63) is 24.2 Å². The van der Waals surface area contributed by atoms with Crippen molar-refractivity contribution in [3.8, 4) is 0 Å². The monoisotopic (exact) mass is 437 g/mol. The second kappa shape index (κ2) is 12.6. The second-order valence-electron chi connectivity index (χ2n) is 5.68. The molecule has 0 aromatic carbocycles. The van der Waals surface area contributed by atoms with Crippen molar-refractivity contribution in [2.45, 2.75) is 58.5 Å². The van der Waals surface area contributed by atoms with Crippen LogP contribution in [0.2, 0.25) is 0 Å². The van der Waals surface area contributed by atoms with Crippen molar-refractivity contribution in [3.63, 3.8) is 0 Å². The molecule has 0 bridgehead atoms. The van der Waals surface area contributed by atoms with E-state index in [-0.39, 0.29) is 24.0 Å². The predicted octanol–water partition coefficient (Wildman–Crippen LogP) is 3.33. The molecule has 1 rings (SSSR count). The second-order valence-corrected chi connectivity index (χ2v) is 5.68. The summed E-state index contributed by atoms with van der Waals surface area (Å²) in [6.45, 7) is 8.21. The van der Waals surface area contributed by atoms with Crippen LogP contribution in [0.5, 0.6) is 0 Å². The number of hydrogen-bond donors (Lipinski definition) is 3. The van der Waals surface area contributed by atoms with E-state index in [4.69, 9.17) is 4.42 Å². The molecule has 0 fully saturated rings. The van der Waals surface area contributed by atoms with E-state index in [1.165, 1.54) is 0 Å². The fraction of sp³-hybridized carbons (Fsp3) is 0.706. The number of aliphatic imine (C=N–C) groups is 1. The summed E-state index contributed by atoms with van der Waals surface area (Å²) >= 11 is 0. The molecular formula is C17H32IN3O2. The maximum Gasteiger partial charge on any atom is 0.191 e. The molecule has 0 unspecified atom stereocenters. The molecule has 1 aromatic rings. The van der Waals surface area contributed by atoms with E-state index in [2.05, 4.69) is 29.5 Å². The average Bonchev–Trinajstić information content (AvgIpc) is 2.99. The first kappa shape index (κ1) is 22.2. The van der Waals surface area contributed by atoms with Crippen LogP contribution >= 0.6 is 24.0 Å². The molecule has 6 heteroatoms. The molecule has 0 aliphatic carbocycles. The third kappa shape index (κ3) is 9.20. The third-order valence-corrected chi connectivity index (χ3v) is 3.55. The Kier molecular flexibility index (Phi) is 12.2. The van der Waals surface area contributed by atoms with E-state index in [0.29, 0.717) is 6.54 Å². The minimum absolute atomic E-state index is 0. The lowest BCUT2D eigenvalue weighted by Gasteiger charge is -2.26. The summed E-state index contributed by atoms with van der Waals surface area (Å²) in [6, 6.07) is 3.86. The smallest absolute Gasteiger partial charge is 0.191 e. The van der Waals surface area contributed by atoms with Gasteiger partial charge >= 0.3 is 0 Å². The van der Waals surface area contributed by atoms with Crippen LogP contribution in [0.25, 0.3) is 0 Å². The van der Waals surface area contributed by atoms with Crippen molar-refractivity contribution in [1.82, 2.24) is 10.6 Å². The number of hydrogen-bond acceptors (Lipinski definition) is 3. The molecule has 0 saturated heterocycles. The normalized spacial score (nSPS) is 11.9. The van der Waals surface area contributed by atoms with Gasteiger partial charge in [0.25, 0.3) is 0 Å². The standard InChI is InChI=1S/C17H31N3O2.HI/c1-4-10-17(21,11-5-2)14-20-16(18-6-3)19-12-9-15-8-7-13-22-15;/h7-8,13,21H,4-6,9-12,14H2,1-3H3,(H2,18,19,20);1H. The third-order valence-electron chi connectivity index (χ3n) is 3.55. The van der Waals surface area contributed by atoms with Crippen LogP contribution in [0.4, 0.5) is 0 Å². The van der Waals surface area contributed by atoms with Crippen LogP contribution in [0, 0.1) is 0 Å². The highest BCUT2D eigenvalue weighted by Gasteiger charge is 2.24. The summed E-state index contributed by atoms with van der Waals surface area (Å²) < 4.78 is 5.31. The first-order valence-electron chi connectivity index (χ1n) is 8.40. The molecule has 1 aromatic heterocycles. The van der Waals surface area contributed by atoms with Gasteiger partial charge in [0.15, 0.2) is 5.96 Å². The van der Waals surface area contributed by atoms with Gasteiger partial charge in [0.1, 0.15) is 5.76 Å². The fourth-order valence-electron chi connectivity index (χ4n) is 2.54. The van der Waals surface area contributed by atoms with E-state index < -0.39 is 5.60 Å². The quantitative estimate of drug-likeness (QED) is 0.299. The number of guanidine groups is 1. The van der Waals surface area contributed by atoms with E-state index in [9.17, 15) is 5.11 Å². The average molecular weight is 437 g/mol. The zero-order valence-corrected chi connectivity index (χ0v) is 16.9. The minimum Gasteiger partial charge on any atom is -0.469 e. The number of furan rings is 1. The Morgan fingerprint density at radius 2 is 1.91 bits per heavy atom. The first-order valence-corrected chi connectivity index (χ1v) is 8.40. The summed E-state index contributed by atoms with van der Waals surface area (Å²) in [5, 5.41) is 17.1. The number of rotatable bonds is 10. The zero-order valence-electron chi connectivity index (χ0n) is 14.6. The van der Waals surface area contributed by atoms with Crippen molar-refractivity contribution in [2.24, 2.45) is 4.99 Å². The summed E-state index contributed by atoms with van der Waals surface area (Å²) in [7, 11) is 0. The molecule has 5 nitrogen and oxygen atoms in total. The highest BCUT2D eigenvalue weighted by molar-refractivity contribution is 14.0. The minimum atomic E-state index is -0.688. The molecule has 0 atom stereocenters.